The number of hydrogen-bond donors (Lipinski definition) is 1. The molecule has 0 heterocycles. The highest BCUT2D eigenvalue weighted by Gasteiger charge is 2.14. The van der Waals surface area contributed by atoms with E-state index in [4.69, 9.17) is 10.5 Å². The minimum absolute atomic E-state index is 0.384. The quantitative estimate of drug-likeness (QED) is 0.615. The SMILES string of the molecule is COCCN(C)c1cccc(C(=O)OC)c1N. The van der Waals surface area contributed by atoms with Crippen LogP contribution in [-0.4, -0.2) is 40.4 Å². The maximum absolute atomic E-state index is 11.5. The number of nitrogens with two attached hydrogens (primary N) is 1. The zero-order chi connectivity index (χ0) is 12.8. The second-order valence-corrected chi connectivity index (χ2v) is 3.64. The van der Waals surface area contributed by atoms with Crippen LogP contribution in [0.5, 0.6) is 0 Å². The molecule has 17 heavy (non-hydrogen) atoms. The summed E-state index contributed by atoms with van der Waals surface area (Å²) in [7, 11) is 4.87. The molecule has 0 aliphatic heterocycles. The van der Waals surface area contributed by atoms with Gasteiger partial charge >= 0.3 is 5.97 Å². The molecule has 0 radical (unpaired) electrons. The lowest BCUT2D eigenvalue weighted by Gasteiger charge is -2.21. The van der Waals surface area contributed by atoms with Crippen molar-refractivity contribution in [1.29, 1.82) is 0 Å². The van der Waals surface area contributed by atoms with Crippen LogP contribution in [0.3, 0.4) is 0 Å². The number of esters is 1. The van der Waals surface area contributed by atoms with Crippen LogP contribution in [0.25, 0.3) is 0 Å². The van der Waals surface area contributed by atoms with Gasteiger partial charge in [-0.15, -0.1) is 0 Å². The van der Waals surface area contributed by atoms with Gasteiger partial charge in [0, 0.05) is 20.7 Å². The molecule has 0 saturated carbocycles. The average molecular weight is 238 g/mol. The Morgan fingerprint density at radius 1 is 1.41 bits per heavy atom. The first kappa shape index (κ1) is 13.3. The van der Waals surface area contributed by atoms with Gasteiger partial charge in [0.2, 0.25) is 0 Å². The summed E-state index contributed by atoms with van der Waals surface area (Å²) in [6.07, 6.45) is 0. The Labute approximate surface area is 101 Å². The fourth-order valence-electron chi connectivity index (χ4n) is 1.52. The predicted molar refractivity (Wildman–Crippen MR) is 67.3 cm³/mol. The molecule has 2 N–H and O–H groups in total. The van der Waals surface area contributed by atoms with Crippen molar-refractivity contribution in [2.24, 2.45) is 0 Å². The maximum Gasteiger partial charge on any atom is 0.340 e. The summed E-state index contributed by atoms with van der Waals surface area (Å²) in [4.78, 5) is 13.4. The third kappa shape index (κ3) is 3.10. The number of likely N-dealkylation sites (N-methyl/N-ethyl adjacent to an activating group) is 1. The highest BCUT2D eigenvalue weighted by molar-refractivity contribution is 5.98. The van der Waals surface area contributed by atoms with E-state index in [0.717, 1.165) is 5.69 Å². The van der Waals surface area contributed by atoms with E-state index in [1.807, 2.05) is 18.0 Å². The molecular weight excluding hydrogens is 220 g/mol. The summed E-state index contributed by atoms with van der Waals surface area (Å²) in [6.45, 7) is 1.30. The van der Waals surface area contributed by atoms with Crippen LogP contribution in [0.2, 0.25) is 0 Å². The normalized spacial score (nSPS) is 10.1. The van der Waals surface area contributed by atoms with E-state index in [9.17, 15) is 4.79 Å². The van der Waals surface area contributed by atoms with Gasteiger partial charge in [-0.3, -0.25) is 0 Å². The number of anilines is 2. The molecule has 1 aromatic rings. The van der Waals surface area contributed by atoms with Gasteiger partial charge in [-0.25, -0.2) is 4.79 Å². The van der Waals surface area contributed by atoms with Crippen molar-refractivity contribution in [3.63, 3.8) is 0 Å². The van der Waals surface area contributed by atoms with Crippen molar-refractivity contribution in [1.82, 2.24) is 0 Å². The highest BCUT2D eigenvalue weighted by Crippen LogP contribution is 2.26. The lowest BCUT2D eigenvalue weighted by Crippen LogP contribution is -2.23. The molecule has 0 aromatic heterocycles. The topological polar surface area (TPSA) is 64.8 Å². The monoisotopic (exact) mass is 238 g/mol. The Morgan fingerprint density at radius 3 is 2.71 bits per heavy atom. The van der Waals surface area contributed by atoms with E-state index in [-0.39, 0.29) is 0 Å². The summed E-state index contributed by atoms with van der Waals surface area (Å²) < 4.78 is 9.67. The van der Waals surface area contributed by atoms with Crippen LogP contribution in [0, 0.1) is 0 Å². The summed E-state index contributed by atoms with van der Waals surface area (Å²) in [5.74, 6) is -0.426. The number of hydrogen-bond acceptors (Lipinski definition) is 5. The Morgan fingerprint density at radius 2 is 2.12 bits per heavy atom. The average Bonchev–Trinajstić information content (AvgIpc) is 2.35. The van der Waals surface area contributed by atoms with E-state index in [1.165, 1.54) is 7.11 Å². The fraction of sp³-hybridized carbons (Fsp3) is 0.417. The number of carbonyl (C=O) groups excluding carboxylic acids is 1. The third-order valence-electron chi connectivity index (χ3n) is 2.53. The molecule has 0 bridgehead atoms. The number of nitrogen functional groups attached to an aromatic ring is 1. The molecule has 0 saturated heterocycles. The van der Waals surface area contributed by atoms with Crippen LogP contribution in [0.4, 0.5) is 11.4 Å². The van der Waals surface area contributed by atoms with Gasteiger partial charge in [0.05, 0.1) is 30.7 Å². The molecule has 0 fully saturated rings. The summed E-state index contributed by atoms with van der Waals surface area (Å²) in [5, 5.41) is 0. The van der Waals surface area contributed by atoms with Crippen LogP contribution in [0.1, 0.15) is 10.4 Å². The van der Waals surface area contributed by atoms with Gasteiger partial charge in [0.15, 0.2) is 0 Å². The van der Waals surface area contributed by atoms with E-state index >= 15 is 0 Å². The molecule has 0 aliphatic carbocycles. The fourth-order valence-corrected chi connectivity index (χ4v) is 1.52. The number of benzene rings is 1. The lowest BCUT2D eigenvalue weighted by molar-refractivity contribution is 0.0602. The Balaban J connectivity index is 2.97. The molecule has 0 unspecified atom stereocenters. The molecule has 5 heteroatoms. The predicted octanol–water partition coefficient (Wildman–Crippen LogP) is 1.14. The van der Waals surface area contributed by atoms with Crippen LogP contribution >= 0.6 is 0 Å². The zero-order valence-corrected chi connectivity index (χ0v) is 10.4. The molecule has 94 valence electrons. The molecule has 5 nitrogen and oxygen atoms in total. The molecule has 1 rings (SSSR count). The second-order valence-electron chi connectivity index (χ2n) is 3.64. The first-order chi connectivity index (χ1) is 8.11. The third-order valence-corrected chi connectivity index (χ3v) is 2.53. The molecular formula is C12H18N2O3. The lowest BCUT2D eigenvalue weighted by atomic mass is 10.1. The number of ether oxygens (including phenoxy) is 2. The zero-order valence-electron chi connectivity index (χ0n) is 10.4. The van der Waals surface area contributed by atoms with E-state index in [1.54, 1.807) is 19.2 Å². The Kier molecular flexibility index (Phi) is 4.78. The smallest absolute Gasteiger partial charge is 0.340 e. The molecule has 0 atom stereocenters. The second kappa shape index (κ2) is 6.10. The van der Waals surface area contributed by atoms with E-state index in [0.29, 0.717) is 24.4 Å². The summed E-state index contributed by atoms with van der Waals surface area (Å²) in [6, 6.07) is 5.29. The minimum Gasteiger partial charge on any atom is -0.465 e. The largest absolute Gasteiger partial charge is 0.465 e. The van der Waals surface area contributed by atoms with Crippen molar-refractivity contribution >= 4 is 17.3 Å². The molecule has 0 amide bonds. The molecule has 0 aliphatic rings. The van der Waals surface area contributed by atoms with Crippen LogP contribution in [-0.2, 0) is 9.47 Å². The number of nitrogens with zero attached hydrogens (tertiary/aromatic N) is 1. The summed E-state index contributed by atoms with van der Waals surface area (Å²) in [5.41, 5.74) is 7.56. The summed E-state index contributed by atoms with van der Waals surface area (Å²) >= 11 is 0. The van der Waals surface area contributed by atoms with Crippen molar-refractivity contribution in [2.45, 2.75) is 0 Å². The van der Waals surface area contributed by atoms with Gasteiger partial charge in [-0.1, -0.05) is 6.07 Å². The van der Waals surface area contributed by atoms with Crippen LogP contribution < -0.4 is 10.6 Å². The molecule has 0 spiro atoms. The first-order valence-corrected chi connectivity index (χ1v) is 5.28. The van der Waals surface area contributed by atoms with Crippen molar-refractivity contribution in [3.8, 4) is 0 Å². The Hall–Kier alpha value is -1.75. The van der Waals surface area contributed by atoms with Crippen LogP contribution in [0.15, 0.2) is 18.2 Å². The van der Waals surface area contributed by atoms with Gasteiger partial charge in [0.25, 0.3) is 0 Å². The minimum atomic E-state index is -0.426. The van der Waals surface area contributed by atoms with Crippen molar-refractivity contribution < 1.29 is 14.3 Å². The van der Waals surface area contributed by atoms with Crippen molar-refractivity contribution in [2.75, 3.05) is 45.1 Å². The van der Waals surface area contributed by atoms with Gasteiger partial charge in [0.1, 0.15) is 0 Å². The molecule has 1 aromatic carbocycles. The van der Waals surface area contributed by atoms with Gasteiger partial charge in [-0.05, 0) is 12.1 Å². The number of carbonyl (C=O) groups is 1. The first-order valence-electron chi connectivity index (χ1n) is 5.28. The maximum atomic E-state index is 11.5. The standard InChI is InChI=1S/C12H18N2O3/c1-14(7-8-16-2)10-6-4-5-9(11(10)13)12(15)17-3/h4-6H,7-8,13H2,1-3H3. The number of rotatable bonds is 5. The van der Waals surface area contributed by atoms with E-state index < -0.39 is 5.97 Å². The highest BCUT2D eigenvalue weighted by atomic mass is 16.5. The number of methoxy groups -OCH3 is 2. The van der Waals surface area contributed by atoms with Crippen molar-refractivity contribution in [3.05, 3.63) is 23.8 Å². The Bertz CT molecular complexity index is 393. The number of para-hydroxylation sites is 1. The van der Waals surface area contributed by atoms with Gasteiger partial charge in [-0.2, -0.15) is 0 Å². The van der Waals surface area contributed by atoms with Gasteiger partial charge < -0.3 is 20.1 Å². The van der Waals surface area contributed by atoms with E-state index in [2.05, 4.69) is 4.74 Å².